The zero-order valence-electron chi connectivity index (χ0n) is 17.4. The Balaban J connectivity index is 1.39. The molecular formula is C20H19FN5O7P. The Hall–Kier alpha value is -3.64. The number of benzene rings is 1. The summed E-state index contributed by atoms with van der Waals surface area (Å²) >= 11 is 0. The molecule has 1 saturated heterocycles. The lowest BCUT2D eigenvalue weighted by Gasteiger charge is -2.14. The van der Waals surface area contributed by atoms with Gasteiger partial charge in [0.15, 0.2) is 5.82 Å². The van der Waals surface area contributed by atoms with Gasteiger partial charge in [0.2, 0.25) is 5.91 Å². The van der Waals surface area contributed by atoms with Crippen LogP contribution < -0.4 is 10.2 Å². The Morgan fingerprint density at radius 1 is 1.32 bits per heavy atom. The van der Waals surface area contributed by atoms with Gasteiger partial charge in [0.1, 0.15) is 18.4 Å². The van der Waals surface area contributed by atoms with E-state index in [4.69, 9.17) is 14.5 Å². The molecule has 12 nitrogen and oxygen atoms in total. The Kier molecular flexibility index (Phi) is 6.70. The van der Waals surface area contributed by atoms with Crippen LogP contribution >= 0.6 is 7.82 Å². The summed E-state index contributed by atoms with van der Waals surface area (Å²) in [7, 11) is -4.77. The molecule has 0 spiro atoms. The molecule has 1 atom stereocenters. The number of phosphoric ester groups is 1. The van der Waals surface area contributed by atoms with Crippen molar-refractivity contribution >= 4 is 25.5 Å². The third-order valence-electron chi connectivity index (χ3n) is 4.80. The lowest BCUT2D eigenvalue weighted by atomic mass is 10.2. The smallest absolute Gasteiger partial charge is 0.442 e. The maximum absolute atomic E-state index is 14.9. The van der Waals surface area contributed by atoms with Gasteiger partial charge < -0.3 is 19.8 Å². The second-order valence-electron chi connectivity index (χ2n) is 7.21. The Labute approximate surface area is 192 Å². The van der Waals surface area contributed by atoms with Crippen molar-refractivity contribution in [3.8, 4) is 16.9 Å². The van der Waals surface area contributed by atoms with Crippen LogP contribution in [0.5, 0.6) is 0 Å². The summed E-state index contributed by atoms with van der Waals surface area (Å²) in [4.78, 5) is 46.5. The lowest BCUT2D eigenvalue weighted by Crippen LogP contribution is -2.36. The molecule has 34 heavy (non-hydrogen) atoms. The number of anilines is 1. The molecule has 3 N–H and O–H groups in total. The van der Waals surface area contributed by atoms with Gasteiger partial charge in [-0.15, -0.1) is 0 Å². The normalized spacial score (nSPS) is 15.9. The number of phosphoric acid groups is 1. The average molecular weight is 491 g/mol. The van der Waals surface area contributed by atoms with Gasteiger partial charge in [-0.05, 0) is 30.3 Å². The van der Waals surface area contributed by atoms with Crippen LogP contribution in [-0.2, 0) is 18.6 Å². The molecule has 1 aliphatic heterocycles. The number of halogens is 1. The highest BCUT2D eigenvalue weighted by Gasteiger charge is 2.33. The number of hydrogen-bond acceptors (Lipinski definition) is 7. The Morgan fingerprint density at radius 3 is 2.85 bits per heavy atom. The van der Waals surface area contributed by atoms with Gasteiger partial charge in [0.25, 0.3) is 0 Å². The molecule has 0 bridgehead atoms. The van der Waals surface area contributed by atoms with Gasteiger partial charge in [-0.1, -0.05) is 6.07 Å². The van der Waals surface area contributed by atoms with Crippen LogP contribution in [0.25, 0.3) is 16.9 Å². The van der Waals surface area contributed by atoms with Crippen LogP contribution in [0.3, 0.4) is 0 Å². The molecule has 14 heteroatoms. The van der Waals surface area contributed by atoms with Crippen LogP contribution in [0.1, 0.15) is 0 Å². The van der Waals surface area contributed by atoms with Crippen LogP contribution in [0.2, 0.25) is 0 Å². The van der Waals surface area contributed by atoms with E-state index in [1.165, 1.54) is 27.8 Å². The van der Waals surface area contributed by atoms with Crippen molar-refractivity contribution < 1.29 is 37.6 Å². The summed E-state index contributed by atoms with van der Waals surface area (Å²) in [6.45, 7) is -0.935. The molecule has 0 unspecified atom stereocenters. The number of amides is 2. The first-order valence-corrected chi connectivity index (χ1v) is 11.4. The van der Waals surface area contributed by atoms with Gasteiger partial charge in [-0.3, -0.25) is 19.2 Å². The number of ether oxygens (including phenoxy) is 1. The topological polar surface area (TPSA) is 156 Å². The zero-order chi connectivity index (χ0) is 24.3. The quantitative estimate of drug-likeness (QED) is 0.399. The number of pyridine rings is 1. The minimum atomic E-state index is -4.77. The molecule has 0 aliphatic carbocycles. The number of nitrogens with one attached hydrogen (secondary N) is 1. The van der Waals surface area contributed by atoms with E-state index in [9.17, 15) is 18.5 Å². The Morgan fingerprint density at radius 2 is 2.15 bits per heavy atom. The standard InChI is InChI=1S/C20H19FN5O7P/c21-16-7-14(4-5-18(16)26-10-13(8-24-26)17-3-1-2-6-22-17)25-11-15(33-20(25)28)9-23-19(27)12-32-34(29,30)31/h1-8,10,15H,9,11-12H2,(H,23,27)(H2,29,30,31)/t15-/m0/s1. The van der Waals surface area contributed by atoms with Crippen molar-refractivity contribution in [2.45, 2.75) is 6.10 Å². The number of cyclic esters (lactones) is 1. The van der Waals surface area contributed by atoms with E-state index < -0.39 is 38.4 Å². The fourth-order valence-electron chi connectivity index (χ4n) is 3.23. The van der Waals surface area contributed by atoms with Crippen molar-refractivity contribution in [2.24, 2.45) is 0 Å². The summed E-state index contributed by atoms with van der Waals surface area (Å²) in [5.74, 6) is -1.41. The number of hydrogen-bond donors (Lipinski definition) is 3. The lowest BCUT2D eigenvalue weighted by molar-refractivity contribution is -0.123. The van der Waals surface area contributed by atoms with Crippen LogP contribution in [-0.4, -0.2) is 62.4 Å². The second-order valence-corrected chi connectivity index (χ2v) is 8.45. The summed E-state index contributed by atoms with van der Waals surface area (Å²) in [5.41, 5.74) is 1.83. The maximum atomic E-state index is 14.9. The summed E-state index contributed by atoms with van der Waals surface area (Å²) in [6.07, 6.45) is 3.37. The van der Waals surface area contributed by atoms with Crippen molar-refractivity contribution in [2.75, 3.05) is 24.6 Å². The average Bonchev–Trinajstić information content (AvgIpc) is 3.43. The highest BCUT2D eigenvalue weighted by atomic mass is 31.2. The molecule has 2 amide bonds. The van der Waals surface area contributed by atoms with Gasteiger partial charge in [-0.25, -0.2) is 18.4 Å². The first-order chi connectivity index (χ1) is 16.2. The molecule has 178 valence electrons. The minimum absolute atomic E-state index is 0.0306. The van der Waals surface area contributed by atoms with Crippen molar-refractivity contribution in [3.63, 3.8) is 0 Å². The fourth-order valence-corrected chi connectivity index (χ4v) is 3.52. The molecule has 4 rings (SSSR count). The molecule has 1 aromatic carbocycles. The van der Waals surface area contributed by atoms with Crippen LogP contribution in [0.4, 0.5) is 14.9 Å². The summed E-state index contributed by atoms with van der Waals surface area (Å²) in [6, 6.07) is 9.61. The minimum Gasteiger partial charge on any atom is -0.442 e. The highest BCUT2D eigenvalue weighted by Crippen LogP contribution is 2.35. The highest BCUT2D eigenvalue weighted by molar-refractivity contribution is 7.46. The van der Waals surface area contributed by atoms with Crippen LogP contribution in [0.15, 0.2) is 55.0 Å². The van der Waals surface area contributed by atoms with E-state index in [0.717, 1.165) is 0 Å². The van der Waals surface area contributed by atoms with Gasteiger partial charge in [0, 0.05) is 18.0 Å². The number of nitrogens with zero attached hydrogens (tertiary/aromatic N) is 4. The summed E-state index contributed by atoms with van der Waals surface area (Å²) in [5, 5.41) is 6.53. The first kappa shape index (κ1) is 23.5. The monoisotopic (exact) mass is 491 g/mol. The molecule has 0 radical (unpaired) electrons. The molecular weight excluding hydrogens is 472 g/mol. The molecule has 3 aromatic rings. The SMILES string of the molecule is O=C(COP(=O)(O)O)NC[C@H]1CN(c2ccc(-n3cc(-c4ccccn4)cn3)c(F)c2)C(=O)O1. The van der Waals surface area contributed by atoms with Gasteiger partial charge in [0.05, 0.1) is 30.7 Å². The first-order valence-electron chi connectivity index (χ1n) is 9.90. The zero-order valence-corrected chi connectivity index (χ0v) is 18.3. The van der Waals surface area contributed by atoms with Crippen molar-refractivity contribution in [3.05, 3.63) is 60.8 Å². The second kappa shape index (κ2) is 9.69. The Bertz CT molecular complexity index is 1250. The third kappa shape index (κ3) is 5.64. The predicted molar refractivity (Wildman–Crippen MR) is 115 cm³/mol. The maximum Gasteiger partial charge on any atom is 0.470 e. The molecule has 0 saturated carbocycles. The van der Waals surface area contributed by atoms with E-state index in [1.54, 1.807) is 24.7 Å². The number of aromatic nitrogens is 3. The number of carbonyl (C=O) groups excluding carboxylic acids is 2. The number of rotatable bonds is 8. The van der Waals surface area contributed by atoms with E-state index in [-0.39, 0.29) is 24.5 Å². The van der Waals surface area contributed by atoms with Gasteiger partial charge >= 0.3 is 13.9 Å². The van der Waals surface area contributed by atoms with Crippen molar-refractivity contribution in [1.29, 1.82) is 0 Å². The van der Waals surface area contributed by atoms with E-state index in [2.05, 4.69) is 19.9 Å². The number of carbonyl (C=O) groups is 2. The molecule has 2 aromatic heterocycles. The molecule has 1 aliphatic rings. The van der Waals surface area contributed by atoms with E-state index in [1.807, 2.05) is 12.1 Å². The fraction of sp³-hybridized carbons (Fsp3) is 0.200. The van der Waals surface area contributed by atoms with Gasteiger partial charge in [-0.2, -0.15) is 5.10 Å². The molecule has 1 fully saturated rings. The van der Waals surface area contributed by atoms with Crippen LogP contribution in [0, 0.1) is 5.82 Å². The van der Waals surface area contributed by atoms with E-state index >= 15 is 0 Å². The van der Waals surface area contributed by atoms with E-state index in [0.29, 0.717) is 11.3 Å². The summed E-state index contributed by atoms with van der Waals surface area (Å²) < 4.78 is 36.1. The predicted octanol–water partition coefficient (Wildman–Crippen LogP) is 1.62. The third-order valence-corrected chi connectivity index (χ3v) is 5.26. The molecule has 3 heterocycles. The largest absolute Gasteiger partial charge is 0.470 e. The van der Waals surface area contributed by atoms with Crippen molar-refractivity contribution in [1.82, 2.24) is 20.1 Å².